The van der Waals surface area contributed by atoms with Crippen molar-refractivity contribution in [2.75, 3.05) is 11.5 Å². The first-order valence-electron chi connectivity index (χ1n) is 11.0. The number of carbonyl (C=O) groups excluding carboxylic acids is 2. The van der Waals surface area contributed by atoms with E-state index < -0.39 is 17.7 Å². The minimum absolute atomic E-state index is 0.00966. The Morgan fingerprint density at radius 1 is 1.09 bits per heavy atom. The van der Waals surface area contributed by atoms with Gasteiger partial charge in [-0.15, -0.1) is 0 Å². The summed E-state index contributed by atoms with van der Waals surface area (Å²) in [6, 6.07) is 18.7. The molecule has 0 bridgehead atoms. The molecule has 1 amide bonds. The number of carbonyl (C=O) groups is 2. The molecule has 1 fully saturated rings. The Morgan fingerprint density at radius 3 is 2.49 bits per heavy atom. The smallest absolute Gasteiger partial charge is 0.301 e. The lowest BCUT2D eigenvalue weighted by atomic mass is 9.95. The zero-order valence-corrected chi connectivity index (χ0v) is 20.6. The second kappa shape index (κ2) is 9.17. The normalized spacial score (nSPS) is 17.3. The number of ether oxygens (including phenoxy) is 1. The van der Waals surface area contributed by atoms with Crippen LogP contribution in [0.2, 0.25) is 5.02 Å². The number of Topliss-reactive ketones (excluding diaryl/α,β-unsaturated/α-hetero) is 1. The lowest BCUT2D eigenvalue weighted by Crippen LogP contribution is -2.29. The Morgan fingerprint density at radius 2 is 1.80 bits per heavy atom. The van der Waals surface area contributed by atoms with Gasteiger partial charge in [-0.05, 0) is 61.9 Å². The summed E-state index contributed by atoms with van der Waals surface area (Å²) >= 11 is 7.29. The lowest BCUT2D eigenvalue weighted by molar-refractivity contribution is -0.132. The van der Waals surface area contributed by atoms with Crippen LogP contribution in [0.25, 0.3) is 16.0 Å². The van der Waals surface area contributed by atoms with Crippen LogP contribution in [-0.2, 0) is 9.59 Å². The minimum Gasteiger partial charge on any atom is -0.507 e. The average Bonchev–Trinajstić information content (AvgIpc) is 3.38. The number of aliphatic hydroxyl groups excluding tert-OH is 1. The average molecular weight is 505 g/mol. The Bertz CT molecular complexity index is 1480. The number of aliphatic hydroxyl groups is 1. The fraction of sp³-hybridized carbons (Fsp3) is 0.148. The molecule has 1 aliphatic rings. The van der Waals surface area contributed by atoms with Crippen molar-refractivity contribution in [2.24, 2.45) is 0 Å². The summed E-state index contributed by atoms with van der Waals surface area (Å²) in [6.45, 7) is 4.39. The van der Waals surface area contributed by atoms with Gasteiger partial charge < -0.3 is 9.84 Å². The molecule has 0 spiro atoms. The number of fused-ring (bicyclic) bond motifs is 1. The van der Waals surface area contributed by atoms with E-state index >= 15 is 0 Å². The van der Waals surface area contributed by atoms with Crippen LogP contribution in [-0.4, -0.2) is 28.4 Å². The predicted octanol–water partition coefficient (Wildman–Crippen LogP) is 6.28. The highest BCUT2D eigenvalue weighted by Gasteiger charge is 2.48. The van der Waals surface area contributed by atoms with Gasteiger partial charge in [-0.25, -0.2) is 4.98 Å². The molecule has 4 aromatic rings. The van der Waals surface area contributed by atoms with Crippen LogP contribution >= 0.6 is 22.9 Å². The molecule has 6 nitrogen and oxygen atoms in total. The molecule has 0 saturated carbocycles. The summed E-state index contributed by atoms with van der Waals surface area (Å²) in [5.41, 5.74) is 2.83. The number of nitrogens with zero attached hydrogens (tertiary/aromatic N) is 2. The molecule has 1 unspecified atom stereocenters. The number of hydrogen-bond acceptors (Lipinski definition) is 6. The highest BCUT2D eigenvalue weighted by molar-refractivity contribution is 7.22. The van der Waals surface area contributed by atoms with Crippen LogP contribution in [0.5, 0.6) is 5.75 Å². The molecule has 2 heterocycles. The van der Waals surface area contributed by atoms with E-state index in [4.69, 9.17) is 16.3 Å². The Balaban J connectivity index is 1.69. The summed E-state index contributed by atoms with van der Waals surface area (Å²) in [6.07, 6.45) is 0. The van der Waals surface area contributed by atoms with Gasteiger partial charge in [-0.1, -0.05) is 52.8 Å². The van der Waals surface area contributed by atoms with Crippen molar-refractivity contribution in [3.05, 3.63) is 94.0 Å². The standard InChI is InChI=1S/C27H21ClN2O4S/c1-3-34-19-12-13-20-21(14-19)35-27(29-20)30-23(16-6-4-15(2)5-7-16)22(25(32)26(30)33)24(31)17-8-10-18(28)11-9-17/h4-14,23,31H,3H2,1-2H3. The summed E-state index contributed by atoms with van der Waals surface area (Å²) in [4.78, 5) is 32.7. The number of halogens is 1. The molecule has 0 radical (unpaired) electrons. The largest absolute Gasteiger partial charge is 0.507 e. The maximum Gasteiger partial charge on any atom is 0.301 e. The number of amides is 1. The van der Waals surface area contributed by atoms with Crippen molar-refractivity contribution >= 4 is 55.7 Å². The highest BCUT2D eigenvalue weighted by Crippen LogP contribution is 2.44. The molecular formula is C27H21ClN2O4S. The number of anilines is 1. The highest BCUT2D eigenvalue weighted by atomic mass is 35.5. The van der Waals surface area contributed by atoms with Crippen molar-refractivity contribution in [3.63, 3.8) is 0 Å². The molecular weight excluding hydrogens is 484 g/mol. The number of benzene rings is 3. The first-order valence-corrected chi connectivity index (χ1v) is 12.2. The van der Waals surface area contributed by atoms with Gasteiger partial charge in [0.15, 0.2) is 5.13 Å². The van der Waals surface area contributed by atoms with E-state index in [0.717, 1.165) is 10.3 Å². The molecule has 176 valence electrons. The van der Waals surface area contributed by atoms with Gasteiger partial charge >= 0.3 is 5.91 Å². The number of hydrogen-bond donors (Lipinski definition) is 1. The van der Waals surface area contributed by atoms with E-state index in [1.807, 2.05) is 56.3 Å². The summed E-state index contributed by atoms with van der Waals surface area (Å²) in [7, 11) is 0. The van der Waals surface area contributed by atoms with Crippen LogP contribution in [0.3, 0.4) is 0 Å². The van der Waals surface area contributed by atoms with Crippen LogP contribution in [0.1, 0.15) is 29.7 Å². The van der Waals surface area contributed by atoms with Crippen molar-refractivity contribution in [1.82, 2.24) is 4.98 Å². The SMILES string of the molecule is CCOc1ccc2nc(N3C(=O)C(=O)C(=C(O)c4ccc(Cl)cc4)C3c3ccc(C)cc3)sc2c1. The summed E-state index contributed by atoms with van der Waals surface area (Å²) in [5.74, 6) is -1.06. The summed E-state index contributed by atoms with van der Waals surface area (Å²) in [5, 5.41) is 12.1. The van der Waals surface area contributed by atoms with E-state index in [-0.39, 0.29) is 11.3 Å². The van der Waals surface area contributed by atoms with E-state index in [1.54, 1.807) is 24.3 Å². The van der Waals surface area contributed by atoms with Crippen LogP contribution in [0.15, 0.2) is 72.3 Å². The predicted molar refractivity (Wildman–Crippen MR) is 138 cm³/mol. The molecule has 0 aliphatic carbocycles. The molecule has 1 aromatic heterocycles. The lowest BCUT2D eigenvalue weighted by Gasteiger charge is -2.23. The Labute approximate surface area is 211 Å². The molecule has 35 heavy (non-hydrogen) atoms. The minimum atomic E-state index is -0.835. The van der Waals surface area contributed by atoms with Crippen LogP contribution in [0.4, 0.5) is 5.13 Å². The summed E-state index contributed by atoms with van der Waals surface area (Å²) < 4.78 is 6.42. The van der Waals surface area contributed by atoms with Gasteiger partial charge in [-0.2, -0.15) is 0 Å². The third kappa shape index (κ3) is 4.17. The molecule has 1 atom stereocenters. The zero-order valence-electron chi connectivity index (χ0n) is 19.0. The van der Waals surface area contributed by atoms with E-state index in [0.29, 0.717) is 39.2 Å². The van der Waals surface area contributed by atoms with E-state index in [9.17, 15) is 14.7 Å². The fourth-order valence-electron chi connectivity index (χ4n) is 4.11. The second-order valence-corrected chi connectivity index (χ2v) is 9.59. The Kier molecular flexibility index (Phi) is 6.05. The Hall–Kier alpha value is -3.68. The van der Waals surface area contributed by atoms with Gasteiger partial charge in [0, 0.05) is 10.6 Å². The fourth-order valence-corrected chi connectivity index (χ4v) is 5.26. The van der Waals surface area contributed by atoms with E-state index in [1.165, 1.54) is 16.2 Å². The molecule has 3 aromatic carbocycles. The van der Waals surface area contributed by atoms with Gasteiger partial charge in [0.25, 0.3) is 5.78 Å². The van der Waals surface area contributed by atoms with Crippen LogP contribution < -0.4 is 9.64 Å². The molecule has 1 aliphatic heterocycles. The van der Waals surface area contributed by atoms with Crippen molar-refractivity contribution < 1.29 is 19.4 Å². The van der Waals surface area contributed by atoms with Gasteiger partial charge in [0.05, 0.1) is 28.4 Å². The zero-order chi connectivity index (χ0) is 24.7. The maximum atomic E-state index is 13.4. The number of thiazole rings is 1. The van der Waals surface area contributed by atoms with Crippen LogP contribution in [0, 0.1) is 6.92 Å². The quantitative estimate of drug-likeness (QED) is 0.196. The van der Waals surface area contributed by atoms with E-state index in [2.05, 4.69) is 4.98 Å². The maximum absolute atomic E-state index is 13.4. The topological polar surface area (TPSA) is 79.7 Å². The number of aryl methyl sites for hydroxylation is 1. The third-order valence-electron chi connectivity index (χ3n) is 5.82. The van der Waals surface area contributed by atoms with Gasteiger partial charge in [-0.3, -0.25) is 14.5 Å². The van der Waals surface area contributed by atoms with Crippen molar-refractivity contribution in [1.29, 1.82) is 0 Å². The molecule has 1 saturated heterocycles. The first-order chi connectivity index (χ1) is 16.9. The van der Waals surface area contributed by atoms with Gasteiger partial charge in [0.2, 0.25) is 0 Å². The first kappa shape index (κ1) is 23.1. The van der Waals surface area contributed by atoms with Crippen molar-refractivity contribution in [3.8, 4) is 5.75 Å². The number of rotatable bonds is 5. The monoisotopic (exact) mass is 504 g/mol. The number of aromatic nitrogens is 1. The van der Waals surface area contributed by atoms with Crippen molar-refractivity contribution in [2.45, 2.75) is 19.9 Å². The molecule has 5 rings (SSSR count). The van der Waals surface area contributed by atoms with Gasteiger partial charge in [0.1, 0.15) is 11.5 Å². The second-order valence-electron chi connectivity index (χ2n) is 8.15. The number of ketones is 1. The third-order valence-corrected chi connectivity index (χ3v) is 7.09. The molecule has 8 heteroatoms. The molecule has 1 N–H and O–H groups in total.